The number of hydrogen-bond donors (Lipinski definition) is 4. The van der Waals surface area contributed by atoms with Crippen molar-refractivity contribution in [3.63, 3.8) is 0 Å². The van der Waals surface area contributed by atoms with Crippen LogP contribution in [0.25, 0.3) is 11.1 Å². The molecule has 1 aliphatic heterocycles. The first-order valence-corrected chi connectivity index (χ1v) is 14.3. The fraction of sp³-hybridized carbons (Fsp3) is 0.394. The van der Waals surface area contributed by atoms with Crippen LogP contribution in [0.4, 0.5) is 4.39 Å². The molecule has 2 amide bonds. The van der Waals surface area contributed by atoms with Crippen molar-refractivity contribution in [3.05, 3.63) is 94.8 Å². The second-order valence-corrected chi connectivity index (χ2v) is 10.9. The number of aliphatic hydroxyl groups excluding tert-OH is 1. The Balaban J connectivity index is 1.67. The van der Waals surface area contributed by atoms with Crippen LogP contribution in [0.2, 0.25) is 0 Å². The molecule has 0 bridgehead atoms. The first-order valence-electron chi connectivity index (χ1n) is 14.3. The maximum Gasteiger partial charge on any atom is 0.253 e. The Hall–Kier alpha value is -3.59. The number of nitrogens with one attached hydrogen (secondary N) is 2. The highest BCUT2D eigenvalue weighted by molar-refractivity contribution is 5.94. The van der Waals surface area contributed by atoms with Gasteiger partial charge in [0.2, 0.25) is 5.91 Å². The van der Waals surface area contributed by atoms with Crippen molar-refractivity contribution in [2.45, 2.75) is 44.8 Å². The lowest BCUT2D eigenvalue weighted by Crippen LogP contribution is -2.48. The molecule has 1 saturated heterocycles. The van der Waals surface area contributed by atoms with Gasteiger partial charge in [0.1, 0.15) is 12.4 Å². The summed E-state index contributed by atoms with van der Waals surface area (Å²) in [5, 5.41) is 27.4. The third-order valence-corrected chi connectivity index (χ3v) is 7.95. The summed E-state index contributed by atoms with van der Waals surface area (Å²) < 4.78 is 15.6. The molecule has 0 saturated carbocycles. The Bertz CT molecular complexity index is 1350. The summed E-state index contributed by atoms with van der Waals surface area (Å²) in [5.41, 5.74) is 2.68. The van der Waals surface area contributed by atoms with Crippen molar-refractivity contribution >= 4 is 11.8 Å². The van der Waals surface area contributed by atoms with E-state index in [0.717, 1.165) is 11.1 Å². The molecule has 2 atom stereocenters. The summed E-state index contributed by atoms with van der Waals surface area (Å²) >= 11 is 0. The van der Waals surface area contributed by atoms with Crippen molar-refractivity contribution in [2.24, 2.45) is 5.92 Å². The minimum atomic E-state index is -1.47. The van der Waals surface area contributed by atoms with Crippen LogP contribution in [0.3, 0.4) is 0 Å². The van der Waals surface area contributed by atoms with Gasteiger partial charge in [0.15, 0.2) is 0 Å². The molecule has 1 heterocycles. The average molecular weight is 562 g/mol. The van der Waals surface area contributed by atoms with Gasteiger partial charge in [0.05, 0.1) is 5.60 Å². The summed E-state index contributed by atoms with van der Waals surface area (Å²) in [7, 11) is 1.87. The van der Waals surface area contributed by atoms with E-state index in [1.54, 1.807) is 17.0 Å². The van der Waals surface area contributed by atoms with Gasteiger partial charge in [-0.15, -0.1) is 0 Å². The molecule has 218 valence electrons. The molecule has 2 unspecified atom stereocenters. The molecule has 4 N–H and O–H groups in total. The first-order chi connectivity index (χ1) is 19.8. The van der Waals surface area contributed by atoms with Gasteiger partial charge >= 0.3 is 0 Å². The van der Waals surface area contributed by atoms with E-state index in [-0.39, 0.29) is 24.8 Å². The van der Waals surface area contributed by atoms with E-state index in [9.17, 15) is 14.7 Å². The van der Waals surface area contributed by atoms with E-state index >= 15 is 4.39 Å². The number of carbonyl (C=O) groups is 2. The predicted octanol–water partition coefficient (Wildman–Crippen LogP) is 4.15. The molecule has 0 aromatic heterocycles. The maximum atomic E-state index is 15.6. The van der Waals surface area contributed by atoms with Crippen LogP contribution in [0.1, 0.15) is 52.7 Å². The van der Waals surface area contributed by atoms with E-state index in [1.165, 1.54) is 6.07 Å². The summed E-state index contributed by atoms with van der Waals surface area (Å²) in [6, 6.07) is 19.9. The van der Waals surface area contributed by atoms with Gasteiger partial charge in [-0.25, -0.2) is 4.39 Å². The molecule has 3 aromatic carbocycles. The molecule has 4 rings (SSSR count). The number of aliphatic hydroxyl groups is 2. The summed E-state index contributed by atoms with van der Waals surface area (Å²) in [6.07, 6.45) is 2.01. The number of hydrogen-bond acceptors (Lipinski definition) is 5. The van der Waals surface area contributed by atoms with E-state index in [1.807, 2.05) is 62.5 Å². The molecule has 3 aromatic rings. The monoisotopic (exact) mass is 561 g/mol. The van der Waals surface area contributed by atoms with Crippen LogP contribution in [0, 0.1) is 18.7 Å². The molecular weight excluding hydrogens is 521 g/mol. The third-order valence-electron chi connectivity index (χ3n) is 7.95. The standard InChI is InChI=1S/C33H40FN3O4/c1-23-7-3-8-26(19-23)31-28(10-4-11-29(31)34)33(41,16-6-17-36-30(39)22-38)27-9-5-18-37(21-27)32(40)25-14-12-24(13-15-25)20-35-2/h3-4,7-8,10-15,19,27,35,38,41H,5-6,9,16-18,20-22H2,1-2H3,(H,36,39). The van der Waals surface area contributed by atoms with Crippen molar-refractivity contribution < 1.29 is 24.2 Å². The van der Waals surface area contributed by atoms with Gasteiger partial charge in [-0.2, -0.15) is 0 Å². The van der Waals surface area contributed by atoms with Crippen LogP contribution < -0.4 is 10.6 Å². The highest BCUT2D eigenvalue weighted by Gasteiger charge is 2.43. The molecule has 0 spiro atoms. The molecule has 7 nitrogen and oxygen atoms in total. The van der Waals surface area contributed by atoms with Gasteiger partial charge < -0.3 is 25.7 Å². The van der Waals surface area contributed by atoms with Gasteiger partial charge in [-0.1, -0.05) is 54.1 Å². The second kappa shape index (κ2) is 13.9. The van der Waals surface area contributed by atoms with Gasteiger partial charge in [0, 0.05) is 43.2 Å². The van der Waals surface area contributed by atoms with Crippen molar-refractivity contribution in [1.29, 1.82) is 0 Å². The number of likely N-dealkylation sites (tertiary alicyclic amines) is 1. The Kier molecular flexibility index (Phi) is 10.3. The average Bonchev–Trinajstić information content (AvgIpc) is 2.99. The van der Waals surface area contributed by atoms with E-state index in [0.29, 0.717) is 61.2 Å². The molecular formula is C33H40FN3O4. The molecule has 0 aliphatic carbocycles. The number of benzene rings is 3. The normalized spacial score (nSPS) is 16.7. The third kappa shape index (κ3) is 7.19. The zero-order valence-electron chi connectivity index (χ0n) is 23.8. The largest absolute Gasteiger partial charge is 0.387 e. The number of amides is 2. The van der Waals surface area contributed by atoms with Gasteiger partial charge in [-0.3, -0.25) is 9.59 Å². The predicted molar refractivity (Wildman–Crippen MR) is 158 cm³/mol. The van der Waals surface area contributed by atoms with Gasteiger partial charge in [-0.05, 0) is 74.5 Å². The van der Waals surface area contributed by atoms with E-state index in [4.69, 9.17) is 5.11 Å². The number of piperidine rings is 1. The number of nitrogens with zero attached hydrogens (tertiary/aromatic N) is 1. The zero-order chi connectivity index (χ0) is 29.4. The number of carbonyl (C=O) groups excluding carboxylic acids is 2. The fourth-order valence-electron chi connectivity index (χ4n) is 5.88. The lowest BCUT2D eigenvalue weighted by Gasteiger charge is -2.43. The molecule has 1 fully saturated rings. The maximum absolute atomic E-state index is 15.6. The smallest absolute Gasteiger partial charge is 0.253 e. The lowest BCUT2D eigenvalue weighted by molar-refractivity contribution is -0.123. The summed E-state index contributed by atoms with van der Waals surface area (Å²) in [5.74, 6) is -1.37. The van der Waals surface area contributed by atoms with Crippen molar-refractivity contribution in [2.75, 3.05) is 33.3 Å². The number of aryl methyl sites for hydroxylation is 1. The minimum Gasteiger partial charge on any atom is -0.387 e. The first kappa shape index (κ1) is 30.4. The Morgan fingerprint density at radius 3 is 2.56 bits per heavy atom. The SMILES string of the molecule is CNCc1ccc(C(=O)N2CCCC(C(O)(CCCNC(=O)CO)c3cccc(F)c3-c3cccc(C)c3)C2)cc1. The van der Waals surface area contributed by atoms with E-state index < -0.39 is 23.9 Å². The van der Waals surface area contributed by atoms with E-state index in [2.05, 4.69) is 10.6 Å². The summed E-state index contributed by atoms with van der Waals surface area (Å²) in [4.78, 5) is 26.9. The molecule has 0 radical (unpaired) electrons. The second-order valence-electron chi connectivity index (χ2n) is 10.9. The topological polar surface area (TPSA) is 102 Å². The lowest BCUT2D eigenvalue weighted by atomic mass is 9.72. The van der Waals surface area contributed by atoms with Crippen LogP contribution in [0.5, 0.6) is 0 Å². The molecule has 8 heteroatoms. The summed E-state index contributed by atoms with van der Waals surface area (Å²) in [6.45, 7) is 3.19. The van der Waals surface area contributed by atoms with Crippen molar-refractivity contribution in [1.82, 2.24) is 15.5 Å². The van der Waals surface area contributed by atoms with Crippen LogP contribution in [-0.4, -0.2) is 60.2 Å². The molecule has 1 aliphatic rings. The van der Waals surface area contributed by atoms with Crippen LogP contribution >= 0.6 is 0 Å². The Labute approximate surface area is 241 Å². The Morgan fingerprint density at radius 1 is 1.10 bits per heavy atom. The Morgan fingerprint density at radius 2 is 1.85 bits per heavy atom. The quantitative estimate of drug-likeness (QED) is 0.264. The van der Waals surface area contributed by atoms with Crippen LogP contribution in [-0.2, 0) is 16.9 Å². The highest BCUT2D eigenvalue weighted by Crippen LogP contribution is 2.44. The number of halogens is 1. The zero-order valence-corrected chi connectivity index (χ0v) is 23.8. The number of rotatable bonds is 11. The van der Waals surface area contributed by atoms with Gasteiger partial charge in [0.25, 0.3) is 5.91 Å². The van der Waals surface area contributed by atoms with Crippen LogP contribution in [0.15, 0.2) is 66.7 Å². The fourth-order valence-corrected chi connectivity index (χ4v) is 5.88. The molecule has 41 heavy (non-hydrogen) atoms. The minimum absolute atomic E-state index is 0.0959. The highest BCUT2D eigenvalue weighted by atomic mass is 19.1. The van der Waals surface area contributed by atoms with Crippen molar-refractivity contribution in [3.8, 4) is 11.1 Å².